The highest BCUT2D eigenvalue weighted by atomic mass is 16.5. The second-order valence-electron chi connectivity index (χ2n) is 11.3. The van der Waals surface area contributed by atoms with Crippen molar-refractivity contribution >= 4 is 17.8 Å². The molecule has 1 aliphatic rings. The Labute approximate surface area is 280 Å². The lowest BCUT2D eigenvalue weighted by atomic mass is 9.99. The van der Waals surface area contributed by atoms with E-state index < -0.39 is 24.0 Å². The van der Waals surface area contributed by atoms with Gasteiger partial charge in [0.15, 0.2) is 29.6 Å². The summed E-state index contributed by atoms with van der Waals surface area (Å²) < 4.78 is 38.9. The molecule has 3 aromatic carbocycles. The van der Waals surface area contributed by atoms with Crippen LogP contribution in [0.1, 0.15) is 48.5 Å². The van der Waals surface area contributed by atoms with Crippen molar-refractivity contribution in [2.24, 2.45) is 5.73 Å². The minimum atomic E-state index is -0.758. The Bertz CT molecular complexity index is 1550. The summed E-state index contributed by atoms with van der Waals surface area (Å²) in [6, 6.07) is 15.4. The van der Waals surface area contributed by atoms with Crippen molar-refractivity contribution in [1.29, 1.82) is 0 Å². The molecule has 0 aromatic heterocycles. The van der Waals surface area contributed by atoms with Crippen molar-refractivity contribution in [1.82, 2.24) is 4.90 Å². The minimum absolute atomic E-state index is 0.0302. The van der Waals surface area contributed by atoms with Crippen molar-refractivity contribution in [3.63, 3.8) is 0 Å². The third kappa shape index (κ3) is 9.02. The van der Waals surface area contributed by atoms with Crippen LogP contribution in [0.3, 0.4) is 0 Å². The summed E-state index contributed by atoms with van der Waals surface area (Å²) in [5, 5.41) is 0. The van der Waals surface area contributed by atoms with Crippen LogP contribution in [0.15, 0.2) is 54.6 Å². The maximum atomic E-state index is 13.9. The van der Waals surface area contributed by atoms with E-state index in [1.165, 1.54) is 21.3 Å². The van der Waals surface area contributed by atoms with Crippen molar-refractivity contribution < 1.29 is 47.5 Å². The molecule has 1 heterocycles. The van der Waals surface area contributed by atoms with Crippen LogP contribution in [0.2, 0.25) is 0 Å². The maximum absolute atomic E-state index is 13.9. The highest BCUT2D eigenvalue weighted by Crippen LogP contribution is 2.39. The van der Waals surface area contributed by atoms with E-state index in [9.17, 15) is 14.4 Å². The first-order valence-corrected chi connectivity index (χ1v) is 15.7. The predicted octanol–water partition coefficient (Wildman–Crippen LogP) is 4.43. The van der Waals surface area contributed by atoms with Gasteiger partial charge in [-0.1, -0.05) is 18.2 Å². The van der Waals surface area contributed by atoms with Gasteiger partial charge in [0.25, 0.3) is 5.91 Å². The standard InChI is InChI=1S/C36H44N2O10/c1-42-29-15-13-23(17-30(29)43-2)12-14-28(25-9-8-10-26(21-25)47-22-33(37)39)48-36(41)27-11-6-7-16-38(27)34(40)20-24-18-31(44-3)35(46-5)32(19-24)45-4/h8-10,13,15,17-19,21,27-28H,6-7,11-12,14,16,20,22H2,1-5H3,(H2,37,39)/t27?,28-/m1/s1. The van der Waals surface area contributed by atoms with Gasteiger partial charge in [-0.15, -0.1) is 0 Å². The lowest BCUT2D eigenvalue weighted by molar-refractivity contribution is -0.162. The number of carbonyl (C=O) groups is 3. The number of hydrogen-bond donors (Lipinski definition) is 1. The van der Waals surface area contributed by atoms with E-state index in [-0.39, 0.29) is 18.9 Å². The van der Waals surface area contributed by atoms with Crippen LogP contribution < -0.4 is 34.2 Å². The molecular formula is C36H44N2O10. The largest absolute Gasteiger partial charge is 0.493 e. The average molecular weight is 665 g/mol. The number of esters is 1. The van der Waals surface area contributed by atoms with Gasteiger partial charge in [0.05, 0.1) is 42.0 Å². The summed E-state index contributed by atoms with van der Waals surface area (Å²) in [6.07, 6.45) is 2.34. The molecule has 1 aliphatic heterocycles. The highest BCUT2D eigenvalue weighted by Gasteiger charge is 2.35. The number of nitrogens with two attached hydrogens (primary N) is 1. The summed E-state index contributed by atoms with van der Waals surface area (Å²) in [7, 11) is 7.69. The van der Waals surface area contributed by atoms with Gasteiger partial charge in [-0.3, -0.25) is 9.59 Å². The van der Waals surface area contributed by atoms with Gasteiger partial charge in [0.2, 0.25) is 11.7 Å². The molecule has 1 saturated heterocycles. The van der Waals surface area contributed by atoms with Crippen LogP contribution >= 0.6 is 0 Å². The second-order valence-corrected chi connectivity index (χ2v) is 11.3. The molecule has 48 heavy (non-hydrogen) atoms. The fraction of sp³-hybridized carbons (Fsp3) is 0.417. The van der Waals surface area contributed by atoms with Crippen LogP contribution in [0, 0.1) is 0 Å². The van der Waals surface area contributed by atoms with E-state index in [2.05, 4.69) is 0 Å². The van der Waals surface area contributed by atoms with Gasteiger partial charge < -0.3 is 43.8 Å². The zero-order valence-electron chi connectivity index (χ0n) is 28.1. The minimum Gasteiger partial charge on any atom is -0.493 e. The highest BCUT2D eigenvalue weighted by molar-refractivity contribution is 5.86. The summed E-state index contributed by atoms with van der Waals surface area (Å²) in [5.41, 5.74) is 7.56. The number of rotatable bonds is 16. The molecule has 1 unspecified atom stereocenters. The molecule has 12 nitrogen and oxygen atoms in total. The van der Waals surface area contributed by atoms with Gasteiger partial charge in [-0.05, 0) is 85.2 Å². The summed E-state index contributed by atoms with van der Waals surface area (Å²) in [4.78, 5) is 40.6. The van der Waals surface area contributed by atoms with Gasteiger partial charge in [0, 0.05) is 6.54 Å². The molecule has 2 N–H and O–H groups in total. The SMILES string of the molecule is COc1ccc(CC[C@@H](OC(=O)C2CCCCN2C(=O)Cc2cc(OC)c(OC)c(OC)c2)c2cccc(OCC(N)=O)c2)cc1OC. The van der Waals surface area contributed by atoms with Crippen LogP contribution in [-0.4, -0.2) is 77.4 Å². The lowest BCUT2D eigenvalue weighted by Gasteiger charge is -2.35. The van der Waals surface area contributed by atoms with Gasteiger partial charge in [0.1, 0.15) is 17.9 Å². The molecule has 258 valence electrons. The van der Waals surface area contributed by atoms with Crippen LogP contribution in [0.4, 0.5) is 0 Å². The fourth-order valence-corrected chi connectivity index (χ4v) is 5.79. The Morgan fingerprint density at radius 1 is 0.812 bits per heavy atom. The zero-order chi connectivity index (χ0) is 34.6. The van der Waals surface area contributed by atoms with Gasteiger partial charge in [-0.25, -0.2) is 4.79 Å². The molecule has 2 atom stereocenters. The molecule has 0 saturated carbocycles. The lowest BCUT2D eigenvalue weighted by Crippen LogP contribution is -2.49. The number of likely N-dealkylation sites (tertiary alicyclic amines) is 1. The van der Waals surface area contributed by atoms with Crippen molar-refractivity contribution in [2.75, 3.05) is 48.7 Å². The Morgan fingerprint density at radius 2 is 1.50 bits per heavy atom. The summed E-state index contributed by atoms with van der Waals surface area (Å²) >= 11 is 0. The van der Waals surface area contributed by atoms with E-state index in [0.717, 1.165) is 18.4 Å². The molecule has 0 radical (unpaired) electrons. The number of benzene rings is 3. The molecule has 0 aliphatic carbocycles. The number of nitrogens with zero attached hydrogens (tertiary/aromatic N) is 1. The number of piperidine rings is 1. The molecule has 2 amide bonds. The van der Waals surface area contributed by atoms with E-state index in [1.807, 2.05) is 24.3 Å². The smallest absolute Gasteiger partial charge is 0.329 e. The molecule has 12 heteroatoms. The Hall–Kier alpha value is -5.13. The number of amides is 2. The summed E-state index contributed by atoms with van der Waals surface area (Å²) in [6.45, 7) is 0.139. The Kier molecular flexibility index (Phi) is 12.8. The van der Waals surface area contributed by atoms with E-state index >= 15 is 0 Å². The zero-order valence-corrected chi connectivity index (χ0v) is 28.1. The number of methoxy groups -OCH3 is 5. The quantitative estimate of drug-likeness (QED) is 0.218. The molecule has 0 spiro atoms. The molecule has 3 aromatic rings. The topological polar surface area (TPSA) is 145 Å². The predicted molar refractivity (Wildman–Crippen MR) is 177 cm³/mol. The van der Waals surface area contributed by atoms with Crippen molar-refractivity contribution in [3.05, 3.63) is 71.3 Å². The number of aryl methyl sites for hydroxylation is 1. The van der Waals surface area contributed by atoms with Gasteiger partial charge in [-0.2, -0.15) is 0 Å². The number of hydrogen-bond acceptors (Lipinski definition) is 10. The molecular weight excluding hydrogens is 620 g/mol. The number of carbonyl (C=O) groups excluding carboxylic acids is 3. The normalized spacial score (nSPS) is 14.8. The number of primary amides is 1. The van der Waals surface area contributed by atoms with Crippen LogP contribution in [0.5, 0.6) is 34.5 Å². The Morgan fingerprint density at radius 3 is 2.15 bits per heavy atom. The first-order valence-electron chi connectivity index (χ1n) is 15.7. The van der Waals surface area contributed by atoms with E-state index in [0.29, 0.717) is 71.4 Å². The molecule has 4 rings (SSSR count). The molecule has 1 fully saturated rings. The first-order chi connectivity index (χ1) is 23.2. The first kappa shape index (κ1) is 35.7. The fourth-order valence-electron chi connectivity index (χ4n) is 5.79. The monoisotopic (exact) mass is 664 g/mol. The van der Waals surface area contributed by atoms with Crippen molar-refractivity contribution in [3.8, 4) is 34.5 Å². The second kappa shape index (κ2) is 17.1. The summed E-state index contributed by atoms with van der Waals surface area (Å²) in [5.74, 6) is 1.61. The third-order valence-electron chi connectivity index (χ3n) is 8.19. The van der Waals surface area contributed by atoms with E-state index in [1.54, 1.807) is 49.5 Å². The number of ether oxygens (including phenoxy) is 7. The molecule has 0 bridgehead atoms. The van der Waals surface area contributed by atoms with Crippen LogP contribution in [0.25, 0.3) is 0 Å². The van der Waals surface area contributed by atoms with Crippen LogP contribution in [-0.2, 0) is 32.0 Å². The van der Waals surface area contributed by atoms with Crippen molar-refractivity contribution in [2.45, 2.75) is 50.7 Å². The Balaban J connectivity index is 1.56. The van der Waals surface area contributed by atoms with Gasteiger partial charge >= 0.3 is 5.97 Å². The van der Waals surface area contributed by atoms with E-state index in [4.69, 9.17) is 38.9 Å². The average Bonchev–Trinajstić information content (AvgIpc) is 3.11. The third-order valence-corrected chi connectivity index (χ3v) is 8.19. The maximum Gasteiger partial charge on any atom is 0.329 e.